The van der Waals surface area contributed by atoms with Crippen LogP contribution < -0.4 is 9.47 Å². The number of carbonyl (C=O) groups excluding carboxylic acids is 2. The molecule has 0 aliphatic carbocycles. The molecule has 9 nitrogen and oxygen atoms in total. The molecule has 10 heteroatoms. The second-order valence-corrected chi connectivity index (χ2v) is 11.6. The van der Waals surface area contributed by atoms with E-state index in [1.54, 1.807) is 49.5 Å². The zero-order chi connectivity index (χ0) is 28.4. The molecule has 1 aliphatic heterocycles. The standard InChI is InChI=1S/C29H38N2O7S/c1-5-6-7-27(28(32)30-18-16-24(17-19-30)29(33)38-4)39(34,35)31(20-22-8-12-25(36-2)13-9-22)21-23-10-14-26(37-3)15-11-23/h5,8-15,24,27H,1,6-7,16-21H2,2-4H3/t27-/m1/s1. The Morgan fingerprint density at radius 1 is 0.949 bits per heavy atom. The molecule has 1 atom stereocenters. The first-order valence-electron chi connectivity index (χ1n) is 13.0. The van der Waals surface area contributed by atoms with E-state index >= 15 is 0 Å². The van der Waals surface area contributed by atoms with Gasteiger partial charge in [0, 0.05) is 26.2 Å². The van der Waals surface area contributed by atoms with Crippen molar-refractivity contribution in [3.05, 3.63) is 72.3 Å². The Morgan fingerprint density at radius 2 is 1.44 bits per heavy atom. The summed E-state index contributed by atoms with van der Waals surface area (Å²) >= 11 is 0. The van der Waals surface area contributed by atoms with Crippen LogP contribution in [0.25, 0.3) is 0 Å². The van der Waals surface area contributed by atoms with Crippen molar-refractivity contribution in [2.45, 2.75) is 44.0 Å². The van der Waals surface area contributed by atoms with Crippen LogP contribution in [0.5, 0.6) is 11.5 Å². The maximum Gasteiger partial charge on any atom is 0.308 e. The van der Waals surface area contributed by atoms with Gasteiger partial charge in [-0.05, 0) is 61.1 Å². The molecule has 0 radical (unpaired) electrons. The quantitative estimate of drug-likeness (QED) is 0.272. The summed E-state index contributed by atoms with van der Waals surface area (Å²) in [5.41, 5.74) is 1.53. The van der Waals surface area contributed by atoms with Crippen LogP contribution >= 0.6 is 0 Å². The Hall–Kier alpha value is -3.37. The zero-order valence-corrected chi connectivity index (χ0v) is 23.7. The van der Waals surface area contributed by atoms with Crippen LogP contribution in [0, 0.1) is 5.92 Å². The van der Waals surface area contributed by atoms with Crippen molar-refractivity contribution in [2.75, 3.05) is 34.4 Å². The second-order valence-electron chi connectivity index (χ2n) is 9.49. The van der Waals surface area contributed by atoms with Crippen LogP contribution in [0.1, 0.15) is 36.8 Å². The Kier molecular flexibility index (Phi) is 10.9. The molecule has 212 valence electrons. The molecule has 0 bridgehead atoms. The van der Waals surface area contributed by atoms with Crippen LogP contribution in [0.15, 0.2) is 61.2 Å². The summed E-state index contributed by atoms with van der Waals surface area (Å²) in [5, 5.41) is -1.28. The zero-order valence-electron chi connectivity index (χ0n) is 22.9. The fraction of sp³-hybridized carbons (Fsp3) is 0.448. The number of ether oxygens (including phenoxy) is 3. The number of likely N-dealkylation sites (tertiary alicyclic amines) is 1. The number of rotatable bonds is 13. The highest BCUT2D eigenvalue weighted by Gasteiger charge is 2.40. The van der Waals surface area contributed by atoms with Gasteiger partial charge in [-0.25, -0.2) is 8.42 Å². The number of nitrogens with zero attached hydrogens (tertiary/aromatic N) is 2. The van der Waals surface area contributed by atoms with Crippen LogP contribution in [-0.2, 0) is 37.4 Å². The van der Waals surface area contributed by atoms with E-state index in [-0.39, 0.29) is 31.4 Å². The number of sulfonamides is 1. The van der Waals surface area contributed by atoms with Gasteiger partial charge in [-0.15, -0.1) is 6.58 Å². The van der Waals surface area contributed by atoms with Crippen LogP contribution in [0.2, 0.25) is 0 Å². The lowest BCUT2D eigenvalue weighted by Gasteiger charge is -2.34. The summed E-state index contributed by atoms with van der Waals surface area (Å²) in [6, 6.07) is 14.4. The Labute approximate surface area is 231 Å². The summed E-state index contributed by atoms with van der Waals surface area (Å²) in [6.07, 6.45) is 2.98. The van der Waals surface area contributed by atoms with Crippen LogP contribution in [0.4, 0.5) is 0 Å². The molecule has 0 N–H and O–H groups in total. The van der Waals surface area contributed by atoms with Gasteiger partial charge in [0.2, 0.25) is 15.9 Å². The third-order valence-corrected chi connectivity index (χ3v) is 9.14. The van der Waals surface area contributed by atoms with Gasteiger partial charge in [-0.2, -0.15) is 4.31 Å². The van der Waals surface area contributed by atoms with Gasteiger partial charge in [0.05, 0.1) is 27.2 Å². The fourth-order valence-electron chi connectivity index (χ4n) is 4.66. The highest BCUT2D eigenvalue weighted by molar-refractivity contribution is 7.90. The molecule has 0 spiro atoms. The largest absolute Gasteiger partial charge is 0.497 e. The van der Waals surface area contributed by atoms with Crippen LogP contribution in [0.3, 0.4) is 0 Å². The number of amides is 1. The number of hydrogen-bond donors (Lipinski definition) is 0. The molecule has 1 saturated heterocycles. The molecule has 3 rings (SSSR count). The maximum atomic E-state index is 14.2. The average Bonchev–Trinajstić information content (AvgIpc) is 2.97. The van der Waals surface area contributed by atoms with E-state index in [1.165, 1.54) is 11.4 Å². The first kappa shape index (κ1) is 30.2. The lowest BCUT2D eigenvalue weighted by atomic mass is 9.96. The summed E-state index contributed by atoms with van der Waals surface area (Å²) in [5.74, 6) is 0.289. The molecule has 0 unspecified atom stereocenters. The number of esters is 1. The predicted molar refractivity (Wildman–Crippen MR) is 149 cm³/mol. The Bertz CT molecular complexity index is 1160. The number of allylic oxidation sites excluding steroid dienone is 1. The molecule has 1 fully saturated rings. The average molecular weight is 559 g/mol. The van der Waals surface area contributed by atoms with Crippen LogP contribution in [-0.4, -0.2) is 69.2 Å². The highest BCUT2D eigenvalue weighted by atomic mass is 32.2. The Balaban J connectivity index is 1.91. The molecule has 2 aromatic carbocycles. The fourth-order valence-corrected chi connectivity index (χ4v) is 6.52. The topological polar surface area (TPSA) is 102 Å². The van der Waals surface area contributed by atoms with E-state index in [0.717, 1.165) is 11.1 Å². The number of carbonyl (C=O) groups is 2. The van der Waals surface area contributed by atoms with Gasteiger partial charge in [-0.3, -0.25) is 9.59 Å². The molecular weight excluding hydrogens is 520 g/mol. The van der Waals surface area contributed by atoms with Gasteiger partial charge in [-0.1, -0.05) is 30.3 Å². The monoisotopic (exact) mass is 558 g/mol. The van der Waals surface area contributed by atoms with E-state index in [2.05, 4.69) is 6.58 Å². The molecular formula is C29H38N2O7S. The smallest absolute Gasteiger partial charge is 0.308 e. The van der Waals surface area contributed by atoms with Gasteiger partial charge >= 0.3 is 5.97 Å². The number of piperidine rings is 1. The summed E-state index contributed by atoms with van der Waals surface area (Å²) in [6.45, 7) is 4.50. The summed E-state index contributed by atoms with van der Waals surface area (Å²) < 4.78 is 45.1. The van der Waals surface area contributed by atoms with Crippen molar-refractivity contribution in [1.29, 1.82) is 0 Å². The lowest BCUT2D eigenvalue weighted by molar-refractivity contribution is -0.148. The van der Waals surface area contributed by atoms with Gasteiger partial charge in [0.15, 0.2) is 5.25 Å². The third-order valence-electron chi connectivity index (χ3n) is 7.00. The molecule has 1 amide bonds. The van der Waals surface area contributed by atoms with Crippen molar-refractivity contribution < 1.29 is 32.2 Å². The van der Waals surface area contributed by atoms with Crippen molar-refractivity contribution in [3.8, 4) is 11.5 Å². The normalized spacial score (nSPS) is 15.0. The van der Waals surface area contributed by atoms with E-state index in [4.69, 9.17) is 14.2 Å². The lowest BCUT2D eigenvalue weighted by Crippen LogP contribution is -2.50. The summed E-state index contributed by atoms with van der Waals surface area (Å²) in [4.78, 5) is 27.2. The van der Waals surface area contributed by atoms with Crippen molar-refractivity contribution in [3.63, 3.8) is 0 Å². The maximum absolute atomic E-state index is 14.2. The Morgan fingerprint density at radius 3 is 1.85 bits per heavy atom. The van der Waals surface area contributed by atoms with E-state index < -0.39 is 21.2 Å². The first-order valence-corrected chi connectivity index (χ1v) is 14.5. The van der Waals surface area contributed by atoms with Gasteiger partial charge in [0.1, 0.15) is 11.5 Å². The second kappa shape index (κ2) is 14.1. The van der Waals surface area contributed by atoms with Crippen molar-refractivity contribution in [1.82, 2.24) is 9.21 Å². The summed E-state index contributed by atoms with van der Waals surface area (Å²) in [7, 11) is 0.377. The first-order chi connectivity index (χ1) is 18.7. The highest BCUT2D eigenvalue weighted by Crippen LogP contribution is 2.26. The number of hydrogen-bond acceptors (Lipinski definition) is 7. The SMILES string of the molecule is C=CCC[C@H](C(=O)N1CCC(C(=O)OC)CC1)S(=O)(=O)N(Cc1ccc(OC)cc1)Cc1ccc(OC)cc1. The molecule has 0 saturated carbocycles. The van der Waals surface area contributed by atoms with Gasteiger partial charge < -0.3 is 19.1 Å². The minimum atomic E-state index is -4.11. The molecule has 1 aliphatic rings. The number of methoxy groups -OCH3 is 3. The van der Waals surface area contributed by atoms with E-state index in [1.807, 2.05) is 24.3 Å². The number of benzene rings is 2. The predicted octanol–water partition coefficient (Wildman–Crippen LogP) is 3.78. The third kappa shape index (κ3) is 7.83. The van der Waals surface area contributed by atoms with Crippen molar-refractivity contribution >= 4 is 21.9 Å². The van der Waals surface area contributed by atoms with E-state index in [0.29, 0.717) is 43.9 Å². The molecule has 39 heavy (non-hydrogen) atoms. The van der Waals surface area contributed by atoms with Gasteiger partial charge in [0.25, 0.3) is 0 Å². The van der Waals surface area contributed by atoms with Crippen molar-refractivity contribution in [2.24, 2.45) is 5.92 Å². The molecule has 0 aromatic heterocycles. The minimum Gasteiger partial charge on any atom is -0.497 e. The molecule has 1 heterocycles. The molecule has 2 aromatic rings. The van der Waals surface area contributed by atoms with E-state index in [9.17, 15) is 18.0 Å². The minimum absolute atomic E-state index is 0.0840.